The van der Waals surface area contributed by atoms with Crippen molar-refractivity contribution in [1.29, 1.82) is 0 Å². The maximum atomic E-state index is 12.9. The van der Waals surface area contributed by atoms with Crippen molar-refractivity contribution in [2.75, 3.05) is 17.2 Å². The Kier molecular flexibility index (Phi) is 4.71. The molecular formula is C19H21NO3S. The molecule has 0 aromatic heterocycles. The second-order valence-electron chi connectivity index (χ2n) is 5.97. The fourth-order valence-electron chi connectivity index (χ4n) is 3.03. The molecule has 126 valence electrons. The van der Waals surface area contributed by atoms with E-state index >= 15 is 0 Å². The Morgan fingerprint density at radius 3 is 2.46 bits per heavy atom. The third-order valence-corrected chi connectivity index (χ3v) is 6.20. The summed E-state index contributed by atoms with van der Waals surface area (Å²) >= 11 is 0. The molecule has 0 spiro atoms. The third-order valence-electron chi connectivity index (χ3n) is 4.45. The van der Waals surface area contributed by atoms with Gasteiger partial charge in [-0.1, -0.05) is 25.1 Å². The lowest BCUT2D eigenvalue weighted by molar-refractivity contribution is 0.0987. The van der Waals surface area contributed by atoms with Crippen LogP contribution in [0.3, 0.4) is 0 Å². The van der Waals surface area contributed by atoms with E-state index in [4.69, 9.17) is 0 Å². The van der Waals surface area contributed by atoms with Crippen LogP contribution in [0.2, 0.25) is 0 Å². The molecule has 0 bridgehead atoms. The summed E-state index contributed by atoms with van der Waals surface area (Å²) in [4.78, 5) is 15.0. The minimum atomic E-state index is -3.24. The van der Waals surface area contributed by atoms with Gasteiger partial charge >= 0.3 is 0 Å². The van der Waals surface area contributed by atoms with Gasteiger partial charge in [0.2, 0.25) is 0 Å². The first-order valence-electron chi connectivity index (χ1n) is 8.25. The molecule has 0 saturated heterocycles. The van der Waals surface area contributed by atoms with Gasteiger partial charge in [-0.05, 0) is 55.2 Å². The van der Waals surface area contributed by atoms with E-state index in [1.807, 2.05) is 23.1 Å². The highest BCUT2D eigenvalue weighted by Gasteiger charge is 2.22. The number of sulfone groups is 1. The molecule has 2 aromatic carbocycles. The summed E-state index contributed by atoms with van der Waals surface area (Å²) in [5.74, 6) is -0.0235. The lowest BCUT2D eigenvalue weighted by atomic mass is 10.1. The number of amides is 1. The molecule has 0 atom stereocenters. The number of rotatable bonds is 3. The number of hydrogen-bond donors (Lipinski definition) is 0. The zero-order valence-corrected chi connectivity index (χ0v) is 14.6. The van der Waals surface area contributed by atoms with E-state index in [9.17, 15) is 13.2 Å². The van der Waals surface area contributed by atoms with Gasteiger partial charge in [-0.2, -0.15) is 0 Å². The van der Waals surface area contributed by atoms with Crippen molar-refractivity contribution >= 4 is 21.4 Å². The molecular weight excluding hydrogens is 322 g/mol. The fourth-order valence-corrected chi connectivity index (χ4v) is 3.91. The number of fused-ring (bicyclic) bond motifs is 1. The van der Waals surface area contributed by atoms with Crippen LogP contribution in [0.5, 0.6) is 0 Å². The van der Waals surface area contributed by atoms with Gasteiger partial charge in [0, 0.05) is 17.8 Å². The van der Waals surface area contributed by atoms with Crippen molar-refractivity contribution in [1.82, 2.24) is 0 Å². The van der Waals surface area contributed by atoms with Gasteiger partial charge in [-0.15, -0.1) is 0 Å². The zero-order chi connectivity index (χ0) is 17.2. The summed E-state index contributed by atoms with van der Waals surface area (Å²) in [7, 11) is -3.24. The van der Waals surface area contributed by atoms with Crippen LogP contribution >= 0.6 is 0 Å². The smallest absolute Gasteiger partial charge is 0.258 e. The predicted molar refractivity (Wildman–Crippen MR) is 95.2 cm³/mol. The number of aryl methyl sites for hydroxylation is 1. The standard InChI is InChI=1S/C19H21NO3S/c1-2-24(22,23)17-12-10-16(11-13-17)19(21)20-14-6-5-8-15-7-3-4-9-18(15)20/h3-4,7,9-13H,2,5-6,8,14H2,1H3. The first-order chi connectivity index (χ1) is 11.5. The van der Waals surface area contributed by atoms with Gasteiger partial charge in [0.15, 0.2) is 9.84 Å². The van der Waals surface area contributed by atoms with Crippen LogP contribution in [0.25, 0.3) is 0 Å². The van der Waals surface area contributed by atoms with Gasteiger partial charge < -0.3 is 4.90 Å². The summed E-state index contributed by atoms with van der Waals surface area (Å²) in [6.07, 6.45) is 3.00. The Balaban J connectivity index is 1.92. The summed E-state index contributed by atoms with van der Waals surface area (Å²) < 4.78 is 23.8. The van der Waals surface area contributed by atoms with Crippen LogP contribution in [0, 0.1) is 0 Å². The lowest BCUT2D eigenvalue weighted by Gasteiger charge is -2.23. The number of carbonyl (C=O) groups is 1. The van der Waals surface area contributed by atoms with Gasteiger partial charge in [-0.3, -0.25) is 4.79 Å². The monoisotopic (exact) mass is 343 g/mol. The maximum absolute atomic E-state index is 12.9. The molecule has 1 amide bonds. The molecule has 0 N–H and O–H groups in total. The first kappa shape index (κ1) is 16.7. The minimum absolute atomic E-state index is 0.0554. The van der Waals surface area contributed by atoms with Crippen LogP contribution in [-0.2, 0) is 16.3 Å². The Labute approximate surface area is 143 Å². The van der Waals surface area contributed by atoms with Crippen molar-refractivity contribution < 1.29 is 13.2 Å². The molecule has 2 aromatic rings. The van der Waals surface area contributed by atoms with E-state index in [-0.39, 0.29) is 16.6 Å². The summed E-state index contributed by atoms with van der Waals surface area (Å²) in [6.45, 7) is 2.30. The van der Waals surface area contributed by atoms with Crippen LogP contribution < -0.4 is 4.90 Å². The molecule has 5 heteroatoms. The normalized spacial score (nSPS) is 14.8. The Morgan fingerprint density at radius 1 is 1.04 bits per heavy atom. The summed E-state index contributed by atoms with van der Waals surface area (Å²) in [6, 6.07) is 14.3. The number of para-hydroxylation sites is 1. The van der Waals surface area contributed by atoms with Crippen LogP contribution in [0.1, 0.15) is 35.7 Å². The van der Waals surface area contributed by atoms with E-state index in [0.717, 1.165) is 24.9 Å². The van der Waals surface area contributed by atoms with Crippen molar-refractivity contribution in [3.05, 3.63) is 59.7 Å². The maximum Gasteiger partial charge on any atom is 0.258 e. The van der Waals surface area contributed by atoms with Crippen LogP contribution in [-0.4, -0.2) is 26.6 Å². The largest absolute Gasteiger partial charge is 0.308 e. The number of nitrogens with zero attached hydrogens (tertiary/aromatic N) is 1. The Morgan fingerprint density at radius 2 is 1.75 bits per heavy atom. The summed E-state index contributed by atoms with van der Waals surface area (Å²) in [5, 5.41) is 0. The van der Waals surface area contributed by atoms with Crippen molar-refractivity contribution in [3.63, 3.8) is 0 Å². The fraction of sp³-hybridized carbons (Fsp3) is 0.316. The van der Waals surface area contributed by atoms with Crippen molar-refractivity contribution in [3.8, 4) is 0 Å². The minimum Gasteiger partial charge on any atom is -0.308 e. The van der Waals surface area contributed by atoms with Gasteiger partial charge in [0.1, 0.15) is 0 Å². The first-order valence-corrected chi connectivity index (χ1v) is 9.91. The third kappa shape index (κ3) is 3.22. The average Bonchev–Trinajstić information content (AvgIpc) is 2.83. The van der Waals surface area contributed by atoms with Crippen LogP contribution in [0.4, 0.5) is 5.69 Å². The summed E-state index contributed by atoms with van der Waals surface area (Å²) in [5.41, 5.74) is 2.67. The molecule has 0 unspecified atom stereocenters. The highest BCUT2D eigenvalue weighted by atomic mass is 32.2. The number of hydrogen-bond acceptors (Lipinski definition) is 3. The molecule has 1 aliphatic rings. The van der Waals surface area contributed by atoms with Crippen LogP contribution in [0.15, 0.2) is 53.4 Å². The van der Waals surface area contributed by atoms with Gasteiger partial charge in [-0.25, -0.2) is 8.42 Å². The van der Waals surface area contributed by atoms with Crippen molar-refractivity contribution in [2.45, 2.75) is 31.1 Å². The highest BCUT2D eigenvalue weighted by molar-refractivity contribution is 7.91. The Bertz CT molecular complexity index is 841. The molecule has 3 rings (SSSR count). The molecule has 1 heterocycles. The van der Waals surface area contributed by atoms with E-state index in [0.29, 0.717) is 12.1 Å². The van der Waals surface area contributed by atoms with E-state index in [1.54, 1.807) is 19.1 Å². The van der Waals surface area contributed by atoms with Gasteiger partial charge in [0.25, 0.3) is 5.91 Å². The van der Waals surface area contributed by atoms with Gasteiger partial charge in [0.05, 0.1) is 10.6 Å². The molecule has 0 aliphatic carbocycles. The van der Waals surface area contributed by atoms with Crippen molar-refractivity contribution in [2.24, 2.45) is 0 Å². The van der Waals surface area contributed by atoms with E-state index in [1.165, 1.54) is 17.7 Å². The second-order valence-corrected chi connectivity index (χ2v) is 8.25. The number of anilines is 1. The quantitative estimate of drug-likeness (QED) is 0.857. The highest BCUT2D eigenvalue weighted by Crippen LogP contribution is 2.27. The van der Waals surface area contributed by atoms with E-state index in [2.05, 4.69) is 6.07 Å². The lowest BCUT2D eigenvalue weighted by Crippen LogP contribution is -2.31. The number of benzene rings is 2. The molecule has 0 fully saturated rings. The molecule has 0 radical (unpaired) electrons. The zero-order valence-electron chi connectivity index (χ0n) is 13.7. The molecule has 0 saturated carbocycles. The molecule has 4 nitrogen and oxygen atoms in total. The second kappa shape index (κ2) is 6.77. The SMILES string of the molecule is CCS(=O)(=O)c1ccc(C(=O)N2CCCCc3ccccc32)cc1. The molecule has 1 aliphatic heterocycles. The number of carbonyl (C=O) groups excluding carboxylic acids is 1. The predicted octanol–water partition coefficient (Wildman–Crippen LogP) is 3.46. The van der Waals surface area contributed by atoms with E-state index < -0.39 is 9.84 Å². The molecule has 24 heavy (non-hydrogen) atoms. The topological polar surface area (TPSA) is 54.5 Å². The Hall–Kier alpha value is -2.14. The average molecular weight is 343 g/mol.